The van der Waals surface area contributed by atoms with Crippen molar-refractivity contribution in [3.05, 3.63) is 126 Å². The van der Waals surface area contributed by atoms with Crippen molar-refractivity contribution >= 4 is 17.1 Å². The molecule has 4 aromatic rings. The first kappa shape index (κ1) is 19.4. The Hall–Kier alpha value is -3.87. The van der Waals surface area contributed by atoms with Crippen LogP contribution in [-0.2, 0) is 5.60 Å². The van der Waals surface area contributed by atoms with Crippen molar-refractivity contribution in [3.8, 4) is 12.3 Å². The molecular formula is C27H20FNO. The molecule has 3 heteroatoms. The summed E-state index contributed by atoms with van der Waals surface area (Å²) in [5.41, 5.74) is 2.03. The number of halogens is 1. The Morgan fingerprint density at radius 3 is 1.70 bits per heavy atom. The van der Waals surface area contributed by atoms with E-state index in [0.717, 1.165) is 17.1 Å². The fourth-order valence-electron chi connectivity index (χ4n) is 3.50. The largest absolute Gasteiger partial charge is 0.369 e. The lowest BCUT2D eigenvalue weighted by Gasteiger charge is -2.27. The smallest absolute Gasteiger partial charge is 0.176 e. The van der Waals surface area contributed by atoms with Crippen molar-refractivity contribution in [2.45, 2.75) is 5.60 Å². The number of hydrogen-bond donors (Lipinski definition) is 1. The highest BCUT2D eigenvalue weighted by molar-refractivity contribution is 5.76. The molecule has 1 unspecified atom stereocenters. The van der Waals surface area contributed by atoms with E-state index in [4.69, 9.17) is 6.42 Å². The molecule has 0 radical (unpaired) electrons. The van der Waals surface area contributed by atoms with Gasteiger partial charge in [-0.2, -0.15) is 0 Å². The first-order valence-corrected chi connectivity index (χ1v) is 9.59. The summed E-state index contributed by atoms with van der Waals surface area (Å²) in [6, 6.07) is 33.1. The maximum atomic E-state index is 13.7. The van der Waals surface area contributed by atoms with E-state index in [1.54, 1.807) is 18.2 Å². The minimum absolute atomic E-state index is 0.320. The normalized spacial score (nSPS) is 12.6. The molecule has 0 aliphatic rings. The summed E-state index contributed by atoms with van der Waals surface area (Å²) >= 11 is 0. The van der Waals surface area contributed by atoms with Crippen molar-refractivity contribution in [2.24, 2.45) is 0 Å². The maximum Gasteiger partial charge on any atom is 0.176 e. The van der Waals surface area contributed by atoms with Crippen LogP contribution in [-0.4, -0.2) is 5.11 Å². The predicted molar refractivity (Wildman–Crippen MR) is 119 cm³/mol. The number of para-hydroxylation sites is 2. The zero-order valence-electron chi connectivity index (χ0n) is 16.2. The van der Waals surface area contributed by atoms with E-state index in [0.29, 0.717) is 11.1 Å². The molecule has 0 bridgehead atoms. The Morgan fingerprint density at radius 2 is 1.20 bits per heavy atom. The third-order valence-corrected chi connectivity index (χ3v) is 5.02. The van der Waals surface area contributed by atoms with Crippen molar-refractivity contribution < 1.29 is 9.50 Å². The van der Waals surface area contributed by atoms with Gasteiger partial charge in [-0.15, -0.1) is 6.42 Å². The van der Waals surface area contributed by atoms with Crippen molar-refractivity contribution in [1.82, 2.24) is 0 Å². The molecule has 4 aromatic carbocycles. The van der Waals surface area contributed by atoms with Crippen LogP contribution in [0.25, 0.3) is 0 Å². The van der Waals surface area contributed by atoms with E-state index in [-0.39, 0.29) is 0 Å². The van der Waals surface area contributed by atoms with Gasteiger partial charge >= 0.3 is 0 Å². The van der Waals surface area contributed by atoms with Gasteiger partial charge in [0, 0.05) is 28.2 Å². The van der Waals surface area contributed by atoms with Crippen LogP contribution in [0.3, 0.4) is 0 Å². The number of hydrogen-bond acceptors (Lipinski definition) is 2. The second kappa shape index (κ2) is 8.24. The zero-order valence-corrected chi connectivity index (χ0v) is 16.2. The predicted octanol–water partition coefficient (Wildman–Crippen LogP) is 6.16. The third-order valence-electron chi connectivity index (χ3n) is 5.02. The van der Waals surface area contributed by atoms with Gasteiger partial charge in [-0.1, -0.05) is 66.6 Å². The second-order valence-electron chi connectivity index (χ2n) is 6.92. The average Bonchev–Trinajstić information content (AvgIpc) is 2.81. The Bertz CT molecular complexity index is 1130. The fraction of sp³-hybridized carbons (Fsp3) is 0.0370. The van der Waals surface area contributed by atoms with Crippen LogP contribution in [0.4, 0.5) is 21.5 Å². The summed E-state index contributed by atoms with van der Waals surface area (Å²) in [5.74, 6) is 1.98. The average molecular weight is 393 g/mol. The quantitative estimate of drug-likeness (QED) is 0.410. The van der Waals surface area contributed by atoms with Crippen LogP contribution >= 0.6 is 0 Å². The minimum Gasteiger partial charge on any atom is -0.369 e. The van der Waals surface area contributed by atoms with E-state index in [1.807, 2.05) is 72.8 Å². The molecule has 1 atom stereocenters. The summed E-state index contributed by atoms with van der Waals surface area (Å²) in [7, 11) is 0. The van der Waals surface area contributed by atoms with E-state index in [1.165, 1.54) is 18.2 Å². The topological polar surface area (TPSA) is 23.5 Å². The zero-order chi connectivity index (χ0) is 21.0. The van der Waals surface area contributed by atoms with Gasteiger partial charge in [0.2, 0.25) is 0 Å². The number of nitrogens with zero attached hydrogens (tertiary/aromatic N) is 1. The van der Waals surface area contributed by atoms with Gasteiger partial charge in [0.05, 0.1) is 0 Å². The number of aliphatic hydroxyl groups is 1. The van der Waals surface area contributed by atoms with Gasteiger partial charge in [-0.05, 0) is 48.5 Å². The summed E-state index contributed by atoms with van der Waals surface area (Å²) in [6.45, 7) is 0. The number of benzene rings is 4. The van der Waals surface area contributed by atoms with Crippen LogP contribution in [0.15, 0.2) is 109 Å². The minimum atomic E-state index is -1.72. The molecule has 4 rings (SSSR count). The number of anilines is 3. The Labute approximate surface area is 175 Å². The van der Waals surface area contributed by atoms with Gasteiger partial charge in [0.25, 0.3) is 0 Å². The summed E-state index contributed by atoms with van der Waals surface area (Å²) in [5, 5.41) is 11.1. The van der Waals surface area contributed by atoms with Gasteiger partial charge < -0.3 is 10.0 Å². The molecule has 0 saturated carbocycles. The van der Waals surface area contributed by atoms with Gasteiger partial charge in [0.15, 0.2) is 5.60 Å². The molecule has 0 aliphatic heterocycles. The maximum absolute atomic E-state index is 13.7. The molecule has 0 aromatic heterocycles. The van der Waals surface area contributed by atoms with Crippen molar-refractivity contribution in [3.63, 3.8) is 0 Å². The summed E-state index contributed by atoms with van der Waals surface area (Å²) < 4.78 is 13.7. The third kappa shape index (κ3) is 3.69. The molecule has 1 N–H and O–H groups in total. The molecule has 146 valence electrons. The van der Waals surface area contributed by atoms with Crippen LogP contribution in [0.2, 0.25) is 0 Å². The highest BCUT2D eigenvalue weighted by Gasteiger charge is 2.29. The standard InChI is InChI=1S/C27H20FNO/c1-2-27(30,22-10-9-11-23(28)20-22)21-16-18-26(19-17-21)29(24-12-5-3-6-13-24)25-14-7-4-8-15-25/h1,3-20,30H. The molecule has 0 heterocycles. The van der Waals surface area contributed by atoms with Crippen LogP contribution < -0.4 is 4.90 Å². The molecule has 0 amide bonds. The SMILES string of the molecule is C#CC(O)(c1ccc(N(c2ccccc2)c2ccccc2)cc1)c1cccc(F)c1. The van der Waals surface area contributed by atoms with Crippen LogP contribution in [0.5, 0.6) is 0 Å². The second-order valence-corrected chi connectivity index (χ2v) is 6.92. The van der Waals surface area contributed by atoms with Crippen LogP contribution in [0, 0.1) is 18.2 Å². The van der Waals surface area contributed by atoms with E-state index < -0.39 is 11.4 Å². The molecule has 30 heavy (non-hydrogen) atoms. The van der Waals surface area contributed by atoms with Gasteiger partial charge in [0.1, 0.15) is 5.82 Å². The van der Waals surface area contributed by atoms with Crippen molar-refractivity contribution in [2.75, 3.05) is 4.90 Å². The number of rotatable bonds is 5. The molecule has 0 spiro atoms. The summed E-state index contributed by atoms with van der Waals surface area (Å²) in [4.78, 5) is 2.11. The van der Waals surface area contributed by atoms with Gasteiger partial charge in [-0.3, -0.25) is 0 Å². The molecule has 2 nitrogen and oxygen atoms in total. The molecular weight excluding hydrogens is 373 g/mol. The fourth-order valence-corrected chi connectivity index (χ4v) is 3.50. The summed E-state index contributed by atoms with van der Waals surface area (Å²) in [6.07, 6.45) is 5.67. The van der Waals surface area contributed by atoms with E-state index in [2.05, 4.69) is 10.8 Å². The lowest BCUT2D eigenvalue weighted by Crippen LogP contribution is -2.25. The van der Waals surface area contributed by atoms with Crippen molar-refractivity contribution in [1.29, 1.82) is 0 Å². The number of terminal acetylenes is 1. The Morgan fingerprint density at radius 1 is 0.667 bits per heavy atom. The monoisotopic (exact) mass is 393 g/mol. The molecule has 0 saturated heterocycles. The van der Waals surface area contributed by atoms with Gasteiger partial charge in [-0.25, -0.2) is 4.39 Å². The highest BCUT2D eigenvalue weighted by atomic mass is 19.1. The van der Waals surface area contributed by atoms with E-state index >= 15 is 0 Å². The lowest BCUT2D eigenvalue weighted by atomic mass is 9.87. The Balaban J connectivity index is 1.77. The molecule has 0 aliphatic carbocycles. The van der Waals surface area contributed by atoms with Crippen LogP contribution in [0.1, 0.15) is 11.1 Å². The Kier molecular flexibility index (Phi) is 5.34. The first-order chi connectivity index (χ1) is 14.6. The lowest BCUT2D eigenvalue weighted by molar-refractivity contribution is 0.145. The highest BCUT2D eigenvalue weighted by Crippen LogP contribution is 2.36. The van der Waals surface area contributed by atoms with E-state index in [9.17, 15) is 9.50 Å². The first-order valence-electron chi connectivity index (χ1n) is 9.59. The molecule has 0 fully saturated rings.